The third-order valence-electron chi connectivity index (χ3n) is 10.5. The molecule has 7 aromatic carbocycles. The molecule has 2 aromatic heterocycles. The highest BCUT2D eigenvalue weighted by atomic mass is 14.9. The molecular formula is C51H33N3. The zero-order chi connectivity index (χ0) is 35.8. The summed E-state index contributed by atoms with van der Waals surface area (Å²) in [5.41, 5.74) is 10.4. The molecule has 0 amide bonds. The Bertz CT molecular complexity index is 2970. The van der Waals surface area contributed by atoms with Gasteiger partial charge in [-0.05, 0) is 73.8 Å². The monoisotopic (exact) mass is 687 g/mol. The summed E-state index contributed by atoms with van der Waals surface area (Å²) in [6.07, 6.45) is 6.93. The van der Waals surface area contributed by atoms with Crippen LogP contribution in [-0.2, 0) is 0 Å². The predicted octanol–water partition coefficient (Wildman–Crippen LogP) is 12.6. The molecule has 0 radical (unpaired) electrons. The molecule has 0 saturated heterocycles. The summed E-state index contributed by atoms with van der Waals surface area (Å²) >= 11 is 0. The molecule has 0 N–H and O–H groups in total. The molecule has 2 heterocycles. The van der Waals surface area contributed by atoms with E-state index in [0.717, 1.165) is 62.1 Å². The number of benzene rings is 7. The van der Waals surface area contributed by atoms with E-state index in [1.54, 1.807) is 0 Å². The normalized spacial score (nSPS) is 13.8. The van der Waals surface area contributed by atoms with Gasteiger partial charge >= 0.3 is 0 Å². The van der Waals surface area contributed by atoms with Gasteiger partial charge in [0, 0.05) is 46.0 Å². The fraction of sp³-hybridized carbons (Fsp3) is 0.0392. The van der Waals surface area contributed by atoms with Gasteiger partial charge in [-0.25, -0.2) is 9.97 Å². The standard InChI is InChI=1S/C51H33N3/c1-2-11-40-29-42(28-19-34(40)9-1)41-14-7-15-43(30-41)51-53-49(38-24-20-36(21-25-38)46-18-8-13-35-10-3-5-16-45(35)46)31-50(54-51)39-26-22-37(23-27-39)48-33-52-32-44-12-4-6-17-47(44)48/h1-19,22-24,26-33,36H,20H2. The van der Waals surface area contributed by atoms with Crippen LogP contribution in [0.3, 0.4) is 0 Å². The van der Waals surface area contributed by atoms with E-state index in [1.165, 1.54) is 32.5 Å². The number of allylic oxidation sites excluding steroid dienone is 2. The Morgan fingerprint density at radius 1 is 0.463 bits per heavy atom. The fourth-order valence-corrected chi connectivity index (χ4v) is 7.67. The van der Waals surface area contributed by atoms with Crippen LogP contribution >= 0.6 is 0 Å². The SMILES string of the molecule is C1#CC(c2cccc3ccccc23)CC=C1c1cc(-c2ccc(-c3cncc4ccccc34)cc2)nc(-c2cccc(-c3ccc4ccccc4c3)c2)n1. The highest BCUT2D eigenvalue weighted by Crippen LogP contribution is 2.35. The molecule has 54 heavy (non-hydrogen) atoms. The van der Waals surface area contributed by atoms with Gasteiger partial charge in [0.1, 0.15) is 0 Å². The van der Waals surface area contributed by atoms with E-state index < -0.39 is 0 Å². The van der Waals surface area contributed by atoms with E-state index in [-0.39, 0.29) is 5.92 Å². The molecule has 3 heteroatoms. The van der Waals surface area contributed by atoms with Crippen molar-refractivity contribution in [2.24, 2.45) is 0 Å². The number of nitrogens with zero attached hydrogens (tertiary/aromatic N) is 3. The molecule has 0 fully saturated rings. The van der Waals surface area contributed by atoms with Gasteiger partial charge in [-0.15, -0.1) is 0 Å². The zero-order valence-corrected chi connectivity index (χ0v) is 29.4. The van der Waals surface area contributed by atoms with Crippen LogP contribution in [0.5, 0.6) is 0 Å². The largest absolute Gasteiger partial charge is 0.263 e. The van der Waals surface area contributed by atoms with Crippen LogP contribution < -0.4 is 0 Å². The Morgan fingerprint density at radius 3 is 1.98 bits per heavy atom. The van der Waals surface area contributed by atoms with Crippen molar-refractivity contribution in [1.82, 2.24) is 15.0 Å². The summed E-state index contributed by atoms with van der Waals surface area (Å²) < 4.78 is 0. The van der Waals surface area contributed by atoms with Gasteiger partial charge in [0.05, 0.1) is 11.4 Å². The first-order chi connectivity index (χ1) is 26.7. The molecule has 1 aliphatic rings. The Labute approximate surface area is 314 Å². The maximum atomic E-state index is 5.20. The molecule has 9 aromatic rings. The number of aromatic nitrogens is 3. The number of hydrogen-bond acceptors (Lipinski definition) is 3. The van der Waals surface area contributed by atoms with Gasteiger partial charge in [0.2, 0.25) is 0 Å². The first-order valence-corrected chi connectivity index (χ1v) is 18.4. The second-order valence-corrected chi connectivity index (χ2v) is 13.8. The first kappa shape index (κ1) is 31.6. The van der Waals surface area contributed by atoms with Crippen molar-refractivity contribution in [2.75, 3.05) is 0 Å². The van der Waals surface area contributed by atoms with E-state index in [4.69, 9.17) is 9.97 Å². The lowest BCUT2D eigenvalue weighted by Crippen LogP contribution is -2.03. The summed E-state index contributed by atoms with van der Waals surface area (Å²) in [4.78, 5) is 14.9. The maximum Gasteiger partial charge on any atom is 0.160 e. The number of fused-ring (bicyclic) bond motifs is 3. The highest BCUT2D eigenvalue weighted by Gasteiger charge is 2.18. The van der Waals surface area contributed by atoms with Crippen molar-refractivity contribution in [2.45, 2.75) is 12.3 Å². The Hall–Kier alpha value is -7.15. The van der Waals surface area contributed by atoms with Crippen LogP contribution in [0.25, 0.3) is 82.8 Å². The van der Waals surface area contributed by atoms with Crippen molar-refractivity contribution in [1.29, 1.82) is 0 Å². The average molecular weight is 688 g/mol. The lowest BCUT2D eigenvalue weighted by Gasteiger charge is -2.16. The molecular weight excluding hydrogens is 655 g/mol. The van der Waals surface area contributed by atoms with Gasteiger partial charge < -0.3 is 0 Å². The number of rotatable bonds is 6. The highest BCUT2D eigenvalue weighted by molar-refractivity contribution is 5.96. The third kappa shape index (κ3) is 5.90. The van der Waals surface area contributed by atoms with Crippen molar-refractivity contribution in [3.63, 3.8) is 0 Å². The van der Waals surface area contributed by atoms with Crippen molar-refractivity contribution in [3.05, 3.63) is 194 Å². The van der Waals surface area contributed by atoms with E-state index in [0.29, 0.717) is 5.82 Å². The Kier molecular flexibility index (Phi) is 7.86. The molecule has 1 aliphatic carbocycles. The predicted molar refractivity (Wildman–Crippen MR) is 224 cm³/mol. The average Bonchev–Trinajstić information content (AvgIpc) is 3.26. The molecule has 3 nitrogen and oxygen atoms in total. The molecule has 252 valence electrons. The molecule has 0 bridgehead atoms. The van der Waals surface area contributed by atoms with E-state index in [2.05, 4.69) is 187 Å². The minimum Gasteiger partial charge on any atom is -0.263 e. The van der Waals surface area contributed by atoms with Gasteiger partial charge in [0.15, 0.2) is 5.82 Å². The topological polar surface area (TPSA) is 38.7 Å². The minimum absolute atomic E-state index is 0.121. The first-order valence-electron chi connectivity index (χ1n) is 18.4. The van der Waals surface area contributed by atoms with Crippen molar-refractivity contribution < 1.29 is 0 Å². The van der Waals surface area contributed by atoms with Gasteiger partial charge in [-0.3, -0.25) is 4.98 Å². The van der Waals surface area contributed by atoms with Crippen LogP contribution in [-0.4, -0.2) is 15.0 Å². The molecule has 0 spiro atoms. The van der Waals surface area contributed by atoms with E-state index in [9.17, 15) is 0 Å². The van der Waals surface area contributed by atoms with Crippen LogP contribution in [0.2, 0.25) is 0 Å². The summed E-state index contributed by atoms with van der Waals surface area (Å²) in [6.45, 7) is 0. The lowest BCUT2D eigenvalue weighted by atomic mass is 9.88. The van der Waals surface area contributed by atoms with E-state index >= 15 is 0 Å². The Balaban J connectivity index is 1.05. The summed E-state index contributed by atoms with van der Waals surface area (Å²) in [5, 5.41) is 7.25. The summed E-state index contributed by atoms with van der Waals surface area (Å²) in [6, 6.07) is 57.8. The summed E-state index contributed by atoms with van der Waals surface area (Å²) in [5.74, 6) is 7.91. The maximum absolute atomic E-state index is 5.20. The van der Waals surface area contributed by atoms with Gasteiger partial charge in [-0.2, -0.15) is 0 Å². The smallest absolute Gasteiger partial charge is 0.160 e. The quantitative estimate of drug-likeness (QED) is 0.163. The second kappa shape index (κ2) is 13.4. The zero-order valence-electron chi connectivity index (χ0n) is 29.4. The minimum atomic E-state index is 0.121. The number of pyridine rings is 1. The Morgan fingerprint density at radius 2 is 1.13 bits per heavy atom. The van der Waals surface area contributed by atoms with Crippen molar-refractivity contribution >= 4 is 37.9 Å². The second-order valence-electron chi connectivity index (χ2n) is 13.8. The molecule has 0 aliphatic heterocycles. The molecule has 10 rings (SSSR count). The number of hydrogen-bond donors (Lipinski definition) is 0. The van der Waals surface area contributed by atoms with Gasteiger partial charge in [-0.1, -0.05) is 164 Å². The summed E-state index contributed by atoms with van der Waals surface area (Å²) in [7, 11) is 0. The van der Waals surface area contributed by atoms with E-state index in [1.807, 2.05) is 12.4 Å². The van der Waals surface area contributed by atoms with Crippen LogP contribution in [0, 0.1) is 11.8 Å². The van der Waals surface area contributed by atoms with Crippen LogP contribution in [0.4, 0.5) is 0 Å². The third-order valence-corrected chi connectivity index (χ3v) is 10.5. The van der Waals surface area contributed by atoms with Crippen molar-refractivity contribution in [3.8, 4) is 56.7 Å². The van der Waals surface area contributed by atoms with Gasteiger partial charge in [0.25, 0.3) is 0 Å². The fourth-order valence-electron chi connectivity index (χ4n) is 7.67. The molecule has 1 atom stereocenters. The molecule has 1 unspecified atom stereocenters. The van der Waals surface area contributed by atoms with Crippen LogP contribution in [0.1, 0.15) is 23.6 Å². The lowest BCUT2D eigenvalue weighted by molar-refractivity contribution is 0.897. The molecule has 0 saturated carbocycles. The van der Waals surface area contributed by atoms with Crippen LogP contribution in [0.15, 0.2) is 182 Å².